The summed E-state index contributed by atoms with van der Waals surface area (Å²) in [6, 6.07) is 53.5. The number of fused-ring (bicyclic) bond motifs is 3. The molecule has 0 bridgehead atoms. The van der Waals surface area contributed by atoms with Gasteiger partial charge in [-0.25, -0.2) is 13.7 Å². The quantitative estimate of drug-likeness (QED) is 0.128. The number of hydrogen-bond acceptors (Lipinski definition) is 3. The van der Waals surface area contributed by atoms with E-state index in [1.807, 2.05) is 12.4 Å². The number of benzene rings is 6. The van der Waals surface area contributed by atoms with Crippen molar-refractivity contribution in [2.75, 3.05) is 0 Å². The van der Waals surface area contributed by atoms with Gasteiger partial charge in [-0.3, -0.25) is 15.0 Å². The SMILES string of the molecule is Cc1cc(C)c(C)c(-c2c3cccc(-c4ccc(C5CCCC5)cn4)c3cc[n+]2C)c1.Cc1cc(C)c(C)c(-c2c3cccc(-c4ccc(CC(C)(C)C)cn4)c3cc[n+]2C)c1.Cc1cc(C)c(C)c(-c2c3cccc(-c4ccc(CC(C)C)cn4)c3cc[n+]2C)c1. The Bertz CT molecular complexity index is 4690. The molecule has 6 aromatic carbocycles. The predicted molar refractivity (Wildman–Crippen MR) is 387 cm³/mol. The van der Waals surface area contributed by atoms with Gasteiger partial charge in [0.2, 0.25) is 17.1 Å². The molecule has 0 radical (unpaired) electrons. The molecule has 0 unspecified atom stereocenters. The van der Waals surface area contributed by atoms with E-state index in [4.69, 9.17) is 15.0 Å². The van der Waals surface area contributed by atoms with E-state index in [1.54, 1.807) is 0 Å². The molecule has 1 aliphatic carbocycles. The molecule has 13 rings (SSSR count). The summed E-state index contributed by atoms with van der Waals surface area (Å²) in [6.45, 7) is 31.1. The molecule has 0 N–H and O–H groups in total. The van der Waals surface area contributed by atoms with E-state index in [9.17, 15) is 0 Å². The molecule has 1 fully saturated rings. The largest absolute Gasteiger partial charge is 0.256 e. The maximum absolute atomic E-state index is 4.91. The van der Waals surface area contributed by atoms with Gasteiger partial charge in [0.1, 0.15) is 21.1 Å². The van der Waals surface area contributed by atoms with Crippen molar-refractivity contribution in [2.45, 2.75) is 141 Å². The summed E-state index contributed by atoms with van der Waals surface area (Å²) in [7, 11) is 6.42. The van der Waals surface area contributed by atoms with Gasteiger partial charge in [-0.05, 0) is 210 Å². The first kappa shape index (κ1) is 64.5. The highest BCUT2D eigenvalue weighted by Crippen LogP contribution is 2.40. The molecular weight excluding hydrogens is 1120 g/mol. The van der Waals surface area contributed by atoms with Crippen LogP contribution in [0, 0.1) is 73.6 Å². The van der Waals surface area contributed by atoms with Crippen LogP contribution in [0.1, 0.15) is 133 Å². The topological polar surface area (TPSA) is 50.3 Å². The summed E-state index contributed by atoms with van der Waals surface area (Å²) in [6.07, 6.45) is 20.1. The maximum atomic E-state index is 4.91. The molecule has 1 saturated carbocycles. The van der Waals surface area contributed by atoms with Gasteiger partial charge in [0.25, 0.3) is 0 Å². The molecule has 12 aromatic rings. The molecule has 92 heavy (non-hydrogen) atoms. The van der Waals surface area contributed by atoms with E-state index < -0.39 is 0 Å². The molecule has 6 nitrogen and oxygen atoms in total. The molecule has 0 atom stereocenters. The summed E-state index contributed by atoms with van der Waals surface area (Å²) in [5.74, 6) is 1.34. The molecule has 1 aliphatic rings. The fourth-order valence-electron chi connectivity index (χ4n) is 14.3. The Morgan fingerprint density at radius 2 is 0.761 bits per heavy atom. The van der Waals surface area contributed by atoms with Crippen LogP contribution >= 0.6 is 0 Å². The molecule has 0 amide bonds. The minimum absolute atomic E-state index is 0.260. The molecule has 0 spiro atoms. The van der Waals surface area contributed by atoms with Crippen LogP contribution in [0.5, 0.6) is 0 Å². The predicted octanol–water partition coefficient (Wildman–Crippen LogP) is 20.4. The van der Waals surface area contributed by atoms with Crippen molar-refractivity contribution < 1.29 is 13.7 Å². The molecular formula is C86H95N6+3. The van der Waals surface area contributed by atoms with Gasteiger partial charge >= 0.3 is 0 Å². The van der Waals surface area contributed by atoms with E-state index in [-0.39, 0.29) is 5.41 Å². The Kier molecular flexibility index (Phi) is 19.0. The van der Waals surface area contributed by atoms with Crippen LogP contribution in [0.3, 0.4) is 0 Å². The van der Waals surface area contributed by atoms with Crippen LogP contribution < -0.4 is 13.7 Å². The lowest BCUT2D eigenvalue weighted by Crippen LogP contribution is -2.31. The third-order valence-corrected chi connectivity index (χ3v) is 19.2. The highest BCUT2D eigenvalue weighted by atomic mass is 14.9. The third-order valence-electron chi connectivity index (χ3n) is 19.2. The number of aromatic nitrogens is 6. The van der Waals surface area contributed by atoms with Gasteiger partial charge in [0.15, 0.2) is 18.6 Å². The van der Waals surface area contributed by atoms with Crippen molar-refractivity contribution in [1.29, 1.82) is 0 Å². The van der Waals surface area contributed by atoms with Crippen LogP contribution in [0.15, 0.2) is 183 Å². The summed E-state index contributed by atoms with van der Waals surface area (Å²) in [4.78, 5) is 14.6. The number of aryl methyl sites for hydroxylation is 9. The summed E-state index contributed by atoms with van der Waals surface area (Å²) < 4.78 is 6.74. The zero-order chi connectivity index (χ0) is 65.3. The number of rotatable bonds is 10. The Morgan fingerprint density at radius 3 is 1.09 bits per heavy atom. The van der Waals surface area contributed by atoms with Crippen molar-refractivity contribution in [2.24, 2.45) is 32.5 Å². The molecule has 466 valence electrons. The molecule has 6 aromatic heterocycles. The maximum Gasteiger partial charge on any atom is 0.220 e. The van der Waals surface area contributed by atoms with Crippen molar-refractivity contribution in [3.05, 3.63) is 250 Å². The van der Waals surface area contributed by atoms with Crippen LogP contribution in [0.4, 0.5) is 0 Å². The Labute approximate surface area is 548 Å². The van der Waals surface area contributed by atoms with E-state index in [0.717, 1.165) is 29.9 Å². The van der Waals surface area contributed by atoms with E-state index in [1.165, 1.54) is 175 Å². The molecule has 6 heterocycles. The second-order valence-corrected chi connectivity index (χ2v) is 28.3. The second kappa shape index (κ2) is 27.1. The normalized spacial score (nSPS) is 12.6. The smallest absolute Gasteiger partial charge is 0.220 e. The summed E-state index contributed by atoms with van der Waals surface area (Å²) in [5.41, 5.74) is 30.6. The average Bonchev–Trinajstić information content (AvgIpc) is 0.848. The first-order valence-corrected chi connectivity index (χ1v) is 33.4. The van der Waals surface area contributed by atoms with E-state index >= 15 is 0 Å². The van der Waals surface area contributed by atoms with Crippen molar-refractivity contribution in [3.8, 4) is 67.5 Å². The van der Waals surface area contributed by atoms with Crippen LogP contribution in [0.2, 0.25) is 0 Å². The standard InChI is InChI=1S/C29H31N2.C29H33N2.C28H31N2/c1-19-16-20(2)21(3)27(17-19)29-26-11-7-10-25(24(26)14-15-31(29)4)28-13-12-23(18-30-28)22-8-5-6-9-22;1-19-15-20(2)21(3)26(16-19)28-25-10-8-9-24(23(25)13-14-31(28)7)27-12-11-22(18-30-27)17-29(4,5)6;1-18(2)14-22-10-11-27(29-17-22)24-8-7-9-25-23(24)12-13-30(6)28(25)26-16-19(3)15-20(4)21(26)5/h7,10-18,22H,5-6,8-9H2,1-4H3;8-16,18H,17H2,1-7H3;7-13,15-18H,14H2,1-6H3/q3*+1. The molecule has 0 aliphatic heterocycles. The monoisotopic (exact) mass is 1210 g/mol. The van der Waals surface area contributed by atoms with Gasteiger partial charge in [0.05, 0.1) is 49.9 Å². The minimum Gasteiger partial charge on any atom is -0.256 e. The van der Waals surface area contributed by atoms with Gasteiger partial charge in [-0.1, -0.05) is 137 Å². The second-order valence-electron chi connectivity index (χ2n) is 28.3. The Hall–Kier alpha value is -9.00. The lowest BCUT2D eigenvalue weighted by molar-refractivity contribution is -0.659. The first-order valence-electron chi connectivity index (χ1n) is 33.4. The van der Waals surface area contributed by atoms with Crippen molar-refractivity contribution in [3.63, 3.8) is 0 Å². The zero-order valence-electron chi connectivity index (χ0n) is 57.9. The fourth-order valence-corrected chi connectivity index (χ4v) is 14.3. The average molecular weight is 1210 g/mol. The third kappa shape index (κ3) is 13.8. The number of nitrogens with zero attached hydrogens (tertiary/aromatic N) is 6. The van der Waals surface area contributed by atoms with Crippen LogP contribution in [0.25, 0.3) is 99.9 Å². The number of pyridine rings is 6. The lowest BCUT2D eigenvalue weighted by Gasteiger charge is -2.18. The van der Waals surface area contributed by atoms with E-state index in [2.05, 4.69) is 302 Å². The van der Waals surface area contributed by atoms with Crippen molar-refractivity contribution >= 4 is 32.3 Å². The van der Waals surface area contributed by atoms with Gasteiger partial charge < -0.3 is 0 Å². The lowest BCUT2D eigenvalue weighted by atomic mass is 9.88. The number of hydrogen-bond donors (Lipinski definition) is 0. The Morgan fingerprint density at radius 1 is 0.402 bits per heavy atom. The molecule has 0 saturated heterocycles. The van der Waals surface area contributed by atoms with Gasteiger partial charge in [0, 0.05) is 69.6 Å². The van der Waals surface area contributed by atoms with Gasteiger partial charge in [-0.15, -0.1) is 0 Å². The summed E-state index contributed by atoms with van der Waals surface area (Å²) >= 11 is 0. The highest BCUT2D eigenvalue weighted by molar-refractivity contribution is 6.04. The van der Waals surface area contributed by atoms with Crippen LogP contribution in [-0.2, 0) is 34.0 Å². The fraction of sp³-hybridized carbons (Fsp3) is 0.302. The van der Waals surface area contributed by atoms with Crippen LogP contribution in [-0.4, -0.2) is 15.0 Å². The summed E-state index contributed by atoms with van der Waals surface area (Å²) in [5, 5.41) is 7.54. The van der Waals surface area contributed by atoms with Crippen molar-refractivity contribution in [1.82, 2.24) is 15.0 Å². The minimum atomic E-state index is 0.260. The zero-order valence-corrected chi connectivity index (χ0v) is 57.9. The highest BCUT2D eigenvalue weighted by Gasteiger charge is 2.25. The van der Waals surface area contributed by atoms with Gasteiger partial charge in [-0.2, -0.15) is 0 Å². The molecule has 6 heteroatoms. The van der Waals surface area contributed by atoms with E-state index in [0.29, 0.717) is 11.8 Å². The first-order chi connectivity index (χ1) is 44.0. The Balaban J connectivity index is 0.000000141.